The average molecular weight is 593 g/mol. The minimum absolute atomic E-state index is 0.0316. The van der Waals surface area contributed by atoms with Crippen molar-refractivity contribution in [2.24, 2.45) is 5.92 Å². The van der Waals surface area contributed by atoms with Crippen LogP contribution in [0.3, 0.4) is 0 Å². The van der Waals surface area contributed by atoms with Gasteiger partial charge in [-0.1, -0.05) is 54.6 Å². The molecule has 0 unspecified atom stereocenters. The molecular weight excluding hydrogens is 564 g/mol. The lowest BCUT2D eigenvalue weighted by molar-refractivity contribution is 0.183. The van der Waals surface area contributed by atoms with Gasteiger partial charge in [0.15, 0.2) is 9.84 Å². The molecular formula is C28H28Cl2FN3O4S. The first kappa shape index (κ1) is 27.7. The minimum Gasteiger partial charge on any atom is -0.391 e. The van der Waals surface area contributed by atoms with E-state index in [1.54, 1.807) is 30.3 Å². The molecule has 1 amide bonds. The first-order chi connectivity index (χ1) is 18.6. The predicted octanol–water partition coefficient (Wildman–Crippen LogP) is 6.84. The summed E-state index contributed by atoms with van der Waals surface area (Å²) < 4.78 is 46.6. The third kappa shape index (κ3) is 6.31. The lowest BCUT2D eigenvalue weighted by atomic mass is 9.85. The lowest BCUT2D eigenvalue weighted by Gasteiger charge is -2.28. The zero-order chi connectivity index (χ0) is 27.7. The number of aromatic nitrogens is 2. The Morgan fingerprint density at radius 3 is 2.54 bits per heavy atom. The van der Waals surface area contributed by atoms with Crippen molar-refractivity contribution in [3.05, 3.63) is 75.1 Å². The normalized spacial score (nSPS) is 18.9. The Hall–Kier alpha value is -2.88. The summed E-state index contributed by atoms with van der Waals surface area (Å²) in [7, 11) is -3.62. The van der Waals surface area contributed by atoms with Crippen LogP contribution in [0.5, 0.6) is 5.88 Å². The predicted molar refractivity (Wildman–Crippen MR) is 151 cm³/mol. The molecule has 2 aromatic carbocycles. The van der Waals surface area contributed by atoms with Crippen LogP contribution < -0.4 is 10.1 Å². The fourth-order valence-corrected chi connectivity index (χ4v) is 7.23. The van der Waals surface area contributed by atoms with Crippen LogP contribution in [0.1, 0.15) is 55.8 Å². The molecule has 39 heavy (non-hydrogen) atoms. The zero-order valence-corrected chi connectivity index (χ0v) is 23.6. The number of hydrogen-bond donors (Lipinski definition) is 1. The summed E-state index contributed by atoms with van der Waals surface area (Å²) in [5, 5.41) is 8.24. The highest BCUT2D eigenvalue weighted by atomic mass is 35.5. The monoisotopic (exact) mass is 591 g/mol. The number of rotatable bonds is 5. The Balaban J connectivity index is 1.57. The highest BCUT2D eigenvalue weighted by Crippen LogP contribution is 2.39. The van der Waals surface area contributed by atoms with Gasteiger partial charge in [0.1, 0.15) is 5.82 Å². The van der Waals surface area contributed by atoms with Crippen LogP contribution in [0.4, 0.5) is 9.18 Å². The number of ether oxygens (including phenoxy) is 1. The number of nitrogens with zero attached hydrogens (tertiary/aromatic N) is 2. The maximum atomic E-state index is 13.5. The Labute approximate surface area is 236 Å². The molecule has 1 aliphatic heterocycles. The fraction of sp³-hybridized carbons (Fsp3) is 0.357. The first-order valence-corrected chi connectivity index (χ1v) is 15.4. The molecule has 0 radical (unpaired) electrons. The van der Waals surface area contributed by atoms with Crippen molar-refractivity contribution in [3.8, 4) is 11.6 Å². The quantitative estimate of drug-likeness (QED) is 0.350. The number of hydrogen-bond acceptors (Lipinski definition) is 5. The number of benzene rings is 2. The van der Waals surface area contributed by atoms with Crippen molar-refractivity contribution < 1.29 is 22.3 Å². The molecule has 11 heteroatoms. The molecule has 1 N–H and O–H groups in total. The highest BCUT2D eigenvalue weighted by molar-refractivity contribution is 7.91. The van der Waals surface area contributed by atoms with E-state index in [4.69, 9.17) is 27.9 Å². The fourth-order valence-electron chi connectivity index (χ4n) is 5.25. The Kier molecular flexibility index (Phi) is 8.03. The van der Waals surface area contributed by atoms with E-state index < -0.39 is 21.7 Å². The van der Waals surface area contributed by atoms with E-state index >= 15 is 0 Å². The molecule has 206 valence electrons. The Bertz CT molecular complexity index is 1530. The van der Waals surface area contributed by atoms with Crippen molar-refractivity contribution >= 4 is 50.8 Å². The molecule has 1 atom stereocenters. The summed E-state index contributed by atoms with van der Waals surface area (Å²) in [4.78, 5) is 13.1. The number of carbonyl (C=O) groups excluding carboxylic acids is 1. The van der Waals surface area contributed by atoms with Crippen molar-refractivity contribution in [1.82, 2.24) is 15.1 Å². The molecule has 0 spiro atoms. The number of carbonyl (C=O) groups is 1. The van der Waals surface area contributed by atoms with Crippen molar-refractivity contribution in [3.63, 3.8) is 0 Å². The molecule has 5 rings (SSSR count). The van der Waals surface area contributed by atoms with Gasteiger partial charge in [-0.3, -0.25) is 0 Å². The van der Waals surface area contributed by atoms with E-state index in [1.807, 2.05) is 6.92 Å². The number of nitrogens with one attached hydrogen (secondary N) is 1. The van der Waals surface area contributed by atoms with E-state index in [0.717, 1.165) is 25.7 Å². The average Bonchev–Trinajstić information content (AvgIpc) is 3.22. The second-order valence-corrected chi connectivity index (χ2v) is 13.0. The van der Waals surface area contributed by atoms with E-state index in [1.165, 1.54) is 29.3 Å². The highest BCUT2D eigenvalue weighted by Gasteiger charge is 2.35. The molecule has 1 aromatic heterocycles. The topological polar surface area (TPSA) is 90.3 Å². The summed E-state index contributed by atoms with van der Waals surface area (Å²) in [6, 6.07) is 10.3. The molecule has 0 saturated heterocycles. The van der Waals surface area contributed by atoms with Crippen LogP contribution in [-0.4, -0.2) is 36.1 Å². The molecule has 0 bridgehead atoms. The smallest absolute Gasteiger partial charge is 0.391 e. The molecule has 1 saturated carbocycles. The van der Waals surface area contributed by atoms with Crippen LogP contribution in [0.2, 0.25) is 10.0 Å². The third-order valence-corrected chi connectivity index (χ3v) is 9.24. The summed E-state index contributed by atoms with van der Waals surface area (Å²) >= 11 is 12.6. The van der Waals surface area contributed by atoms with Crippen LogP contribution in [0.15, 0.2) is 42.5 Å². The molecule has 7 nitrogen and oxygen atoms in total. The van der Waals surface area contributed by atoms with Crippen LogP contribution in [-0.2, 0) is 15.6 Å². The number of amides is 1. The van der Waals surface area contributed by atoms with Gasteiger partial charge in [0.2, 0.25) is 5.88 Å². The van der Waals surface area contributed by atoms with Gasteiger partial charge in [-0.15, -0.1) is 0 Å². The largest absolute Gasteiger partial charge is 0.414 e. The number of halogens is 3. The second kappa shape index (κ2) is 11.3. The number of sulfone groups is 1. The van der Waals surface area contributed by atoms with Gasteiger partial charge in [-0.05, 0) is 73.2 Å². The Morgan fingerprint density at radius 2 is 1.85 bits per heavy atom. The lowest BCUT2D eigenvalue weighted by Crippen LogP contribution is -2.40. The van der Waals surface area contributed by atoms with Gasteiger partial charge in [-0.25, -0.2) is 17.6 Å². The maximum Gasteiger partial charge on any atom is 0.414 e. The van der Waals surface area contributed by atoms with Gasteiger partial charge in [-0.2, -0.15) is 9.78 Å². The molecule has 2 heterocycles. The zero-order valence-electron chi connectivity index (χ0n) is 21.3. The number of fused-ring (bicyclic) bond motifs is 1. The van der Waals surface area contributed by atoms with Crippen LogP contribution in [0.25, 0.3) is 17.3 Å². The molecule has 2 aliphatic rings. The standard InChI is InChI=1S/C28H28Cl2FN3O4S/c1-17(19-5-3-2-4-6-19)32-28(35)38-27-23-16-39(36,37)15-20(13-18-7-10-22(31)11-8-18)26(23)33-34(27)25-12-9-21(29)14-24(25)30/h7-14,17,19H,2-6,15-16H2,1H3,(H,32,35)/b20-13+/t17-/m0/s1. The van der Waals surface area contributed by atoms with E-state index in [9.17, 15) is 17.6 Å². The summed E-state index contributed by atoms with van der Waals surface area (Å²) in [5.41, 5.74) is 1.99. The van der Waals surface area contributed by atoms with Gasteiger partial charge in [0.05, 0.1) is 33.5 Å². The molecule has 3 aromatic rings. The first-order valence-electron chi connectivity index (χ1n) is 12.8. The van der Waals surface area contributed by atoms with Gasteiger partial charge >= 0.3 is 6.09 Å². The molecule has 1 fully saturated rings. The van der Waals surface area contributed by atoms with Gasteiger partial charge in [0.25, 0.3) is 0 Å². The van der Waals surface area contributed by atoms with Crippen molar-refractivity contribution in [1.29, 1.82) is 0 Å². The SMILES string of the molecule is C[C@H](NC(=O)Oc1c2c(nn1-c1ccc(Cl)cc1Cl)/C(=C/c1ccc(F)cc1)CS(=O)(=O)C2)C1CCCCC1. The van der Waals surface area contributed by atoms with E-state index in [0.29, 0.717) is 33.5 Å². The Morgan fingerprint density at radius 1 is 1.13 bits per heavy atom. The summed E-state index contributed by atoms with van der Waals surface area (Å²) in [6.07, 6.45) is 6.46. The van der Waals surface area contributed by atoms with Gasteiger partial charge in [0, 0.05) is 11.1 Å². The van der Waals surface area contributed by atoms with E-state index in [-0.39, 0.29) is 34.0 Å². The minimum atomic E-state index is -3.62. The van der Waals surface area contributed by atoms with Crippen LogP contribution in [0, 0.1) is 11.7 Å². The summed E-state index contributed by atoms with van der Waals surface area (Å²) in [6.45, 7) is 1.95. The van der Waals surface area contributed by atoms with Crippen LogP contribution >= 0.6 is 23.2 Å². The summed E-state index contributed by atoms with van der Waals surface area (Å²) in [5.74, 6) is -0.723. The maximum absolute atomic E-state index is 13.5. The van der Waals surface area contributed by atoms with Gasteiger partial charge < -0.3 is 10.1 Å². The van der Waals surface area contributed by atoms with Crippen molar-refractivity contribution in [2.45, 2.75) is 50.8 Å². The van der Waals surface area contributed by atoms with Crippen molar-refractivity contribution in [2.75, 3.05) is 5.75 Å². The second-order valence-electron chi connectivity index (χ2n) is 10.1. The molecule has 1 aliphatic carbocycles. The van der Waals surface area contributed by atoms with E-state index in [2.05, 4.69) is 10.4 Å². The third-order valence-electron chi connectivity index (χ3n) is 7.22.